The maximum atomic E-state index is 12.6. The fourth-order valence-corrected chi connectivity index (χ4v) is 3.31. The summed E-state index contributed by atoms with van der Waals surface area (Å²) in [5.41, 5.74) is 3.61. The number of hydrogen-bond donors (Lipinski definition) is 1. The summed E-state index contributed by atoms with van der Waals surface area (Å²) >= 11 is 1.22. The van der Waals surface area contributed by atoms with Crippen molar-refractivity contribution in [3.63, 3.8) is 0 Å². The lowest BCUT2D eigenvalue weighted by Gasteiger charge is -2.14. The van der Waals surface area contributed by atoms with E-state index in [1.165, 1.54) is 11.8 Å². The Balaban J connectivity index is 1.70. The van der Waals surface area contributed by atoms with Crippen LogP contribution in [0.2, 0.25) is 0 Å². The van der Waals surface area contributed by atoms with Gasteiger partial charge in [0.25, 0.3) is 11.1 Å². The van der Waals surface area contributed by atoms with Crippen LogP contribution in [0.3, 0.4) is 0 Å². The molecule has 0 aliphatic heterocycles. The first-order valence-electron chi connectivity index (χ1n) is 8.50. The molecule has 1 heterocycles. The fourth-order valence-electron chi connectivity index (χ4n) is 2.63. The minimum absolute atomic E-state index is 0.116. The SMILES string of the molecule is COc1ccccc1-c1nnc(SC(C)C(=O)Nc2c(C)cccc2C)o1. The first-order valence-corrected chi connectivity index (χ1v) is 9.38. The van der Waals surface area contributed by atoms with Crippen molar-refractivity contribution in [3.8, 4) is 17.2 Å². The van der Waals surface area contributed by atoms with Gasteiger partial charge in [-0.05, 0) is 44.0 Å². The first-order chi connectivity index (χ1) is 13.0. The fraction of sp³-hybridized carbons (Fsp3) is 0.250. The number of para-hydroxylation sites is 2. The van der Waals surface area contributed by atoms with Gasteiger partial charge in [0.05, 0.1) is 17.9 Å². The van der Waals surface area contributed by atoms with E-state index in [-0.39, 0.29) is 5.91 Å². The average molecular weight is 383 g/mol. The normalized spacial score (nSPS) is 11.9. The molecule has 0 saturated heterocycles. The van der Waals surface area contributed by atoms with Crippen LogP contribution in [-0.2, 0) is 4.79 Å². The molecule has 0 spiro atoms. The zero-order valence-corrected chi connectivity index (χ0v) is 16.5. The predicted octanol–water partition coefficient (Wildman–Crippen LogP) is 4.48. The van der Waals surface area contributed by atoms with Crippen molar-refractivity contribution >= 4 is 23.4 Å². The predicted molar refractivity (Wildman–Crippen MR) is 106 cm³/mol. The van der Waals surface area contributed by atoms with Crippen LogP contribution in [0.5, 0.6) is 5.75 Å². The quantitative estimate of drug-likeness (QED) is 0.632. The third-order valence-corrected chi connectivity index (χ3v) is 5.05. The molecule has 6 nitrogen and oxygen atoms in total. The van der Waals surface area contributed by atoms with Gasteiger partial charge in [0.15, 0.2) is 0 Å². The van der Waals surface area contributed by atoms with Gasteiger partial charge in [-0.2, -0.15) is 0 Å². The molecule has 7 heteroatoms. The number of aryl methyl sites for hydroxylation is 2. The van der Waals surface area contributed by atoms with Crippen molar-refractivity contribution in [2.24, 2.45) is 0 Å². The van der Waals surface area contributed by atoms with E-state index >= 15 is 0 Å². The molecule has 1 unspecified atom stereocenters. The van der Waals surface area contributed by atoms with Gasteiger partial charge in [-0.1, -0.05) is 42.1 Å². The number of carbonyl (C=O) groups is 1. The summed E-state index contributed by atoms with van der Waals surface area (Å²) < 4.78 is 11.0. The number of aromatic nitrogens is 2. The van der Waals surface area contributed by atoms with E-state index in [0.29, 0.717) is 22.4 Å². The minimum Gasteiger partial charge on any atom is -0.496 e. The number of hydrogen-bond acceptors (Lipinski definition) is 6. The Labute approximate surface area is 162 Å². The number of benzene rings is 2. The van der Waals surface area contributed by atoms with Crippen LogP contribution in [0.1, 0.15) is 18.1 Å². The molecular weight excluding hydrogens is 362 g/mol. The van der Waals surface area contributed by atoms with Crippen molar-refractivity contribution in [2.45, 2.75) is 31.2 Å². The molecule has 3 rings (SSSR count). The van der Waals surface area contributed by atoms with Crippen LogP contribution in [0.4, 0.5) is 5.69 Å². The molecule has 0 aliphatic carbocycles. The van der Waals surface area contributed by atoms with E-state index in [0.717, 1.165) is 16.8 Å². The van der Waals surface area contributed by atoms with Gasteiger partial charge < -0.3 is 14.5 Å². The van der Waals surface area contributed by atoms with E-state index in [2.05, 4.69) is 15.5 Å². The van der Waals surface area contributed by atoms with Gasteiger partial charge in [0.1, 0.15) is 5.75 Å². The van der Waals surface area contributed by atoms with Crippen molar-refractivity contribution in [1.82, 2.24) is 10.2 Å². The van der Waals surface area contributed by atoms with Crippen LogP contribution in [0.15, 0.2) is 52.1 Å². The highest BCUT2D eigenvalue weighted by molar-refractivity contribution is 8.00. The lowest BCUT2D eigenvalue weighted by Crippen LogP contribution is -2.23. The van der Waals surface area contributed by atoms with E-state index in [1.54, 1.807) is 14.0 Å². The number of nitrogens with one attached hydrogen (secondary N) is 1. The molecule has 0 bridgehead atoms. The first kappa shape index (κ1) is 19.0. The number of ether oxygens (including phenoxy) is 1. The Morgan fingerprint density at radius 2 is 1.81 bits per heavy atom. The van der Waals surface area contributed by atoms with Crippen LogP contribution < -0.4 is 10.1 Å². The van der Waals surface area contributed by atoms with Crippen LogP contribution in [0, 0.1) is 13.8 Å². The summed E-state index contributed by atoms with van der Waals surface area (Å²) in [7, 11) is 1.59. The van der Waals surface area contributed by atoms with Gasteiger partial charge in [-0.15, -0.1) is 10.2 Å². The summed E-state index contributed by atoms with van der Waals surface area (Å²) in [6.45, 7) is 5.75. The van der Waals surface area contributed by atoms with Gasteiger partial charge >= 0.3 is 0 Å². The Hall–Kier alpha value is -2.80. The maximum absolute atomic E-state index is 12.6. The Morgan fingerprint density at radius 1 is 1.11 bits per heavy atom. The van der Waals surface area contributed by atoms with Gasteiger partial charge in [-0.3, -0.25) is 4.79 Å². The molecule has 1 aromatic heterocycles. The monoisotopic (exact) mass is 383 g/mol. The molecule has 1 atom stereocenters. The Morgan fingerprint density at radius 3 is 2.52 bits per heavy atom. The topological polar surface area (TPSA) is 77.2 Å². The highest BCUT2D eigenvalue weighted by atomic mass is 32.2. The number of nitrogens with zero attached hydrogens (tertiary/aromatic N) is 2. The third kappa shape index (κ3) is 4.31. The highest BCUT2D eigenvalue weighted by Crippen LogP contribution is 2.32. The van der Waals surface area contributed by atoms with E-state index in [9.17, 15) is 4.79 Å². The molecule has 3 aromatic rings. The van der Waals surface area contributed by atoms with Crippen LogP contribution >= 0.6 is 11.8 Å². The number of carbonyl (C=O) groups excluding carboxylic acids is 1. The summed E-state index contributed by atoms with van der Waals surface area (Å²) in [6.07, 6.45) is 0. The summed E-state index contributed by atoms with van der Waals surface area (Å²) in [6, 6.07) is 13.3. The van der Waals surface area contributed by atoms with Crippen LogP contribution in [-0.4, -0.2) is 28.5 Å². The zero-order valence-electron chi connectivity index (χ0n) is 15.6. The Kier molecular flexibility index (Phi) is 5.81. The van der Waals surface area contributed by atoms with Crippen molar-refractivity contribution in [3.05, 3.63) is 53.6 Å². The van der Waals surface area contributed by atoms with Gasteiger partial charge in [0, 0.05) is 5.69 Å². The molecule has 0 aliphatic rings. The summed E-state index contributed by atoms with van der Waals surface area (Å²) in [4.78, 5) is 12.6. The second-order valence-corrected chi connectivity index (χ2v) is 7.38. The molecule has 0 saturated carbocycles. The number of thioether (sulfide) groups is 1. The second-order valence-electron chi connectivity index (χ2n) is 6.09. The molecule has 0 fully saturated rings. The zero-order chi connectivity index (χ0) is 19.4. The number of anilines is 1. The van der Waals surface area contributed by atoms with Crippen molar-refractivity contribution < 1.29 is 13.9 Å². The molecule has 2 aromatic carbocycles. The standard InChI is InChI=1S/C20H21N3O3S/c1-12-8-7-9-13(2)17(12)21-18(24)14(3)27-20-23-22-19(26-20)15-10-5-6-11-16(15)25-4/h5-11,14H,1-4H3,(H,21,24). The van der Waals surface area contributed by atoms with Crippen molar-refractivity contribution in [2.75, 3.05) is 12.4 Å². The highest BCUT2D eigenvalue weighted by Gasteiger charge is 2.20. The molecule has 0 radical (unpaired) electrons. The molecular formula is C20H21N3O3S. The van der Waals surface area contributed by atoms with E-state index in [4.69, 9.17) is 9.15 Å². The van der Waals surface area contributed by atoms with Gasteiger partial charge in [0.2, 0.25) is 5.91 Å². The lowest BCUT2D eigenvalue weighted by molar-refractivity contribution is -0.115. The maximum Gasteiger partial charge on any atom is 0.277 e. The molecule has 1 N–H and O–H groups in total. The second kappa shape index (κ2) is 8.26. The number of methoxy groups -OCH3 is 1. The van der Waals surface area contributed by atoms with Crippen LogP contribution in [0.25, 0.3) is 11.5 Å². The lowest BCUT2D eigenvalue weighted by atomic mass is 10.1. The van der Waals surface area contributed by atoms with Gasteiger partial charge in [-0.25, -0.2) is 0 Å². The Bertz CT molecular complexity index is 935. The molecule has 1 amide bonds. The third-order valence-electron chi connectivity index (χ3n) is 4.12. The van der Waals surface area contributed by atoms with E-state index < -0.39 is 5.25 Å². The number of rotatable bonds is 6. The smallest absolute Gasteiger partial charge is 0.277 e. The average Bonchev–Trinajstić information content (AvgIpc) is 3.12. The summed E-state index contributed by atoms with van der Waals surface area (Å²) in [5, 5.41) is 11.0. The van der Waals surface area contributed by atoms with E-state index in [1.807, 2.05) is 56.3 Å². The largest absolute Gasteiger partial charge is 0.496 e. The minimum atomic E-state index is -0.394. The van der Waals surface area contributed by atoms with Crippen molar-refractivity contribution in [1.29, 1.82) is 0 Å². The molecule has 27 heavy (non-hydrogen) atoms. The summed E-state index contributed by atoms with van der Waals surface area (Å²) in [5.74, 6) is 0.894. The molecule has 140 valence electrons. The number of amides is 1.